The Labute approximate surface area is 153 Å². The summed E-state index contributed by atoms with van der Waals surface area (Å²) in [5, 5.41) is 10.7. The number of hydrogen-bond acceptors (Lipinski definition) is 3. The minimum Gasteiger partial charge on any atom is -0.311 e. The highest BCUT2D eigenvalue weighted by Crippen LogP contribution is 2.22. The normalized spacial score (nSPS) is 18.2. The van der Waals surface area contributed by atoms with Gasteiger partial charge in [-0.3, -0.25) is 9.89 Å². The first-order chi connectivity index (χ1) is 12.1. The molecule has 1 amide bonds. The maximum absolute atomic E-state index is 12.1. The summed E-state index contributed by atoms with van der Waals surface area (Å²) in [4.78, 5) is 14.6. The SMILES string of the molecule is CC1CCCCN1CCCC(=O)Nc1cc(-c2ccc(Cl)cc2)n[nH]1. The van der Waals surface area contributed by atoms with Crippen LogP contribution in [-0.4, -0.2) is 40.1 Å². The van der Waals surface area contributed by atoms with E-state index >= 15 is 0 Å². The summed E-state index contributed by atoms with van der Waals surface area (Å²) >= 11 is 5.90. The van der Waals surface area contributed by atoms with Crippen molar-refractivity contribution in [3.63, 3.8) is 0 Å². The van der Waals surface area contributed by atoms with E-state index in [4.69, 9.17) is 11.6 Å². The number of benzene rings is 1. The summed E-state index contributed by atoms with van der Waals surface area (Å²) < 4.78 is 0. The predicted molar refractivity (Wildman–Crippen MR) is 102 cm³/mol. The number of aromatic nitrogens is 2. The Morgan fingerprint density at radius 2 is 2.16 bits per heavy atom. The van der Waals surface area contributed by atoms with Gasteiger partial charge in [0, 0.05) is 29.1 Å². The molecule has 2 N–H and O–H groups in total. The number of aromatic amines is 1. The highest BCUT2D eigenvalue weighted by molar-refractivity contribution is 6.30. The number of nitrogens with one attached hydrogen (secondary N) is 2. The number of likely N-dealkylation sites (tertiary alicyclic amines) is 1. The van der Waals surface area contributed by atoms with E-state index in [9.17, 15) is 4.79 Å². The summed E-state index contributed by atoms with van der Waals surface area (Å²) in [7, 11) is 0. The smallest absolute Gasteiger partial charge is 0.225 e. The molecule has 1 aliphatic heterocycles. The Morgan fingerprint density at radius 1 is 1.36 bits per heavy atom. The number of anilines is 1. The topological polar surface area (TPSA) is 61.0 Å². The molecule has 0 radical (unpaired) electrons. The molecule has 2 aromatic rings. The first kappa shape index (κ1) is 18.0. The minimum absolute atomic E-state index is 0.0240. The van der Waals surface area contributed by atoms with Crippen LogP contribution in [0.25, 0.3) is 11.3 Å². The van der Waals surface area contributed by atoms with Crippen molar-refractivity contribution >= 4 is 23.3 Å². The zero-order chi connectivity index (χ0) is 17.6. The maximum atomic E-state index is 12.1. The first-order valence-corrected chi connectivity index (χ1v) is 9.35. The van der Waals surface area contributed by atoms with Gasteiger partial charge in [0.2, 0.25) is 5.91 Å². The lowest BCUT2D eigenvalue weighted by Gasteiger charge is -2.33. The number of hydrogen-bond donors (Lipinski definition) is 2. The van der Waals surface area contributed by atoms with Gasteiger partial charge < -0.3 is 10.2 Å². The van der Waals surface area contributed by atoms with Crippen LogP contribution < -0.4 is 5.32 Å². The molecule has 0 bridgehead atoms. The van der Waals surface area contributed by atoms with Crippen molar-refractivity contribution in [2.75, 3.05) is 18.4 Å². The van der Waals surface area contributed by atoms with Gasteiger partial charge >= 0.3 is 0 Å². The number of nitrogens with zero attached hydrogens (tertiary/aromatic N) is 2. The Balaban J connectivity index is 1.46. The molecule has 6 heteroatoms. The van der Waals surface area contributed by atoms with E-state index in [1.165, 1.54) is 19.3 Å². The number of piperidine rings is 1. The van der Waals surface area contributed by atoms with Crippen LogP contribution >= 0.6 is 11.6 Å². The molecule has 2 heterocycles. The lowest BCUT2D eigenvalue weighted by atomic mass is 10.0. The summed E-state index contributed by atoms with van der Waals surface area (Å²) in [6, 6.07) is 9.95. The van der Waals surface area contributed by atoms with E-state index in [0.717, 1.165) is 30.8 Å². The molecule has 1 aliphatic rings. The number of carbonyl (C=O) groups is 1. The van der Waals surface area contributed by atoms with Crippen LogP contribution in [0.15, 0.2) is 30.3 Å². The van der Waals surface area contributed by atoms with E-state index in [1.54, 1.807) is 0 Å². The van der Waals surface area contributed by atoms with E-state index in [-0.39, 0.29) is 5.91 Å². The van der Waals surface area contributed by atoms with Gasteiger partial charge in [-0.25, -0.2) is 0 Å². The van der Waals surface area contributed by atoms with Crippen molar-refractivity contribution in [2.24, 2.45) is 0 Å². The fourth-order valence-electron chi connectivity index (χ4n) is 3.30. The van der Waals surface area contributed by atoms with E-state index < -0.39 is 0 Å². The molecule has 1 atom stereocenters. The van der Waals surface area contributed by atoms with Crippen LogP contribution in [0.1, 0.15) is 39.0 Å². The van der Waals surface area contributed by atoms with Crippen molar-refractivity contribution in [3.05, 3.63) is 35.4 Å². The number of rotatable bonds is 6. The molecule has 1 aromatic heterocycles. The van der Waals surface area contributed by atoms with Gasteiger partial charge in [-0.05, 0) is 51.4 Å². The van der Waals surface area contributed by atoms with E-state index in [0.29, 0.717) is 23.3 Å². The second-order valence-electron chi connectivity index (χ2n) is 6.71. The summed E-state index contributed by atoms with van der Waals surface area (Å²) in [5.74, 6) is 0.650. The summed E-state index contributed by atoms with van der Waals surface area (Å²) in [6.45, 7) is 4.43. The molecular formula is C19H25ClN4O. The third-order valence-electron chi connectivity index (χ3n) is 4.78. The molecule has 1 unspecified atom stereocenters. The van der Waals surface area contributed by atoms with Crippen LogP contribution in [0.2, 0.25) is 5.02 Å². The van der Waals surface area contributed by atoms with Crippen molar-refractivity contribution in [1.82, 2.24) is 15.1 Å². The average molecular weight is 361 g/mol. The van der Waals surface area contributed by atoms with Gasteiger partial charge in [-0.2, -0.15) is 5.10 Å². The zero-order valence-electron chi connectivity index (χ0n) is 14.6. The molecular weight excluding hydrogens is 336 g/mol. The van der Waals surface area contributed by atoms with Gasteiger partial charge in [-0.15, -0.1) is 0 Å². The van der Waals surface area contributed by atoms with Crippen LogP contribution in [-0.2, 0) is 4.79 Å². The molecule has 134 valence electrons. The second kappa shape index (κ2) is 8.50. The van der Waals surface area contributed by atoms with Gasteiger partial charge in [0.05, 0.1) is 5.69 Å². The van der Waals surface area contributed by atoms with E-state index in [2.05, 4.69) is 27.3 Å². The van der Waals surface area contributed by atoms with Crippen molar-refractivity contribution in [3.8, 4) is 11.3 Å². The lowest BCUT2D eigenvalue weighted by Crippen LogP contribution is -2.38. The minimum atomic E-state index is 0.0240. The molecule has 0 spiro atoms. The standard InChI is InChI=1S/C19H25ClN4O/c1-14-5-2-3-11-24(14)12-4-6-19(25)21-18-13-17(22-23-18)15-7-9-16(20)10-8-15/h7-10,13-14H,2-6,11-12H2,1H3,(H2,21,22,23,25). The van der Waals surface area contributed by atoms with Crippen LogP contribution in [0, 0.1) is 0 Å². The molecule has 0 aliphatic carbocycles. The molecule has 0 saturated carbocycles. The van der Waals surface area contributed by atoms with Gasteiger partial charge in [-0.1, -0.05) is 30.2 Å². The Bertz CT molecular complexity index is 698. The number of amides is 1. The summed E-state index contributed by atoms with van der Waals surface area (Å²) in [6.07, 6.45) is 5.28. The predicted octanol–water partition coefficient (Wildman–Crippen LogP) is 4.32. The molecule has 5 nitrogen and oxygen atoms in total. The maximum Gasteiger partial charge on any atom is 0.225 e. The average Bonchev–Trinajstić information content (AvgIpc) is 3.05. The van der Waals surface area contributed by atoms with Crippen LogP contribution in [0.3, 0.4) is 0 Å². The van der Waals surface area contributed by atoms with Crippen LogP contribution in [0.4, 0.5) is 5.82 Å². The van der Waals surface area contributed by atoms with Crippen LogP contribution in [0.5, 0.6) is 0 Å². The Hall–Kier alpha value is -1.85. The summed E-state index contributed by atoms with van der Waals surface area (Å²) in [5.41, 5.74) is 1.74. The lowest BCUT2D eigenvalue weighted by molar-refractivity contribution is -0.116. The Kier molecular flexibility index (Phi) is 6.10. The number of H-pyrrole nitrogens is 1. The highest BCUT2D eigenvalue weighted by Gasteiger charge is 2.17. The monoisotopic (exact) mass is 360 g/mol. The molecule has 1 aromatic carbocycles. The zero-order valence-corrected chi connectivity index (χ0v) is 15.4. The van der Waals surface area contributed by atoms with E-state index in [1.807, 2.05) is 30.3 Å². The van der Waals surface area contributed by atoms with Gasteiger partial charge in [0.1, 0.15) is 5.82 Å². The number of halogens is 1. The van der Waals surface area contributed by atoms with Gasteiger partial charge in [0.15, 0.2) is 0 Å². The number of carbonyl (C=O) groups excluding carboxylic acids is 1. The highest BCUT2D eigenvalue weighted by atomic mass is 35.5. The third kappa shape index (κ3) is 5.06. The fourth-order valence-corrected chi connectivity index (χ4v) is 3.43. The Morgan fingerprint density at radius 3 is 2.92 bits per heavy atom. The fraction of sp³-hybridized carbons (Fsp3) is 0.474. The largest absolute Gasteiger partial charge is 0.311 e. The van der Waals surface area contributed by atoms with Gasteiger partial charge in [0.25, 0.3) is 0 Å². The first-order valence-electron chi connectivity index (χ1n) is 8.97. The molecule has 3 rings (SSSR count). The second-order valence-corrected chi connectivity index (χ2v) is 7.14. The quantitative estimate of drug-likeness (QED) is 0.806. The van der Waals surface area contributed by atoms with Crippen molar-refractivity contribution in [2.45, 2.75) is 45.1 Å². The van der Waals surface area contributed by atoms with Crippen molar-refractivity contribution < 1.29 is 4.79 Å². The molecule has 1 saturated heterocycles. The third-order valence-corrected chi connectivity index (χ3v) is 5.03. The molecule has 1 fully saturated rings. The molecule has 25 heavy (non-hydrogen) atoms. The van der Waals surface area contributed by atoms with Crippen molar-refractivity contribution in [1.29, 1.82) is 0 Å².